The number of Topliss-reactive ketones (excluding diaryl/α,β-unsaturated/α-hetero) is 1. The van der Waals surface area contributed by atoms with Crippen LogP contribution in [-0.2, 0) is 13.0 Å². The summed E-state index contributed by atoms with van der Waals surface area (Å²) in [5.74, 6) is 0.165. The van der Waals surface area contributed by atoms with Gasteiger partial charge in [-0.3, -0.25) is 9.48 Å². The van der Waals surface area contributed by atoms with Gasteiger partial charge in [-0.25, -0.2) is 0 Å². The average Bonchev–Trinajstić information content (AvgIpc) is 2.87. The molecule has 0 aliphatic carbocycles. The number of ketones is 1. The predicted octanol–water partition coefficient (Wildman–Crippen LogP) is 3.77. The largest absolute Gasteiger partial charge is 0.293 e. The summed E-state index contributed by atoms with van der Waals surface area (Å²) in [6.07, 6.45) is 0.399. The SMILES string of the molecule is CCn1nc(C)c(Br)c1CC(=O)c1sccc1C. The van der Waals surface area contributed by atoms with Crippen molar-refractivity contribution in [2.45, 2.75) is 33.7 Å². The maximum atomic E-state index is 12.3. The zero-order valence-corrected chi connectivity index (χ0v) is 13.1. The van der Waals surface area contributed by atoms with Gasteiger partial charge in [0.25, 0.3) is 0 Å². The molecule has 5 heteroatoms. The molecule has 0 bridgehead atoms. The standard InChI is InChI=1S/C13H15BrN2OS/c1-4-16-10(12(14)9(3)15-16)7-11(17)13-8(2)5-6-18-13/h5-6H,4,7H2,1-3H3. The summed E-state index contributed by atoms with van der Waals surface area (Å²) in [6, 6.07) is 1.98. The maximum absolute atomic E-state index is 12.3. The van der Waals surface area contributed by atoms with Gasteiger partial charge in [0.15, 0.2) is 5.78 Å². The van der Waals surface area contributed by atoms with E-state index in [4.69, 9.17) is 0 Å². The zero-order valence-electron chi connectivity index (χ0n) is 10.7. The number of carbonyl (C=O) groups is 1. The first-order valence-electron chi connectivity index (χ1n) is 5.83. The van der Waals surface area contributed by atoms with Gasteiger partial charge in [-0.05, 0) is 53.7 Å². The number of thiophene rings is 1. The van der Waals surface area contributed by atoms with Gasteiger partial charge in [-0.2, -0.15) is 5.10 Å². The smallest absolute Gasteiger partial charge is 0.179 e. The molecule has 0 fully saturated rings. The Morgan fingerprint density at radius 2 is 2.22 bits per heavy atom. The molecule has 0 atom stereocenters. The van der Waals surface area contributed by atoms with Crippen LogP contribution in [0.4, 0.5) is 0 Å². The monoisotopic (exact) mass is 326 g/mol. The lowest BCUT2D eigenvalue weighted by atomic mass is 10.1. The highest BCUT2D eigenvalue weighted by atomic mass is 79.9. The highest BCUT2D eigenvalue weighted by Gasteiger charge is 2.18. The molecule has 0 aliphatic heterocycles. The number of carbonyl (C=O) groups excluding carboxylic acids is 1. The highest BCUT2D eigenvalue weighted by molar-refractivity contribution is 9.10. The Bertz CT molecular complexity index is 586. The molecule has 2 aromatic heterocycles. The Morgan fingerprint density at radius 3 is 2.78 bits per heavy atom. The second kappa shape index (κ2) is 5.36. The van der Waals surface area contributed by atoms with Gasteiger partial charge in [0.2, 0.25) is 0 Å². The molecular weight excluding hydrogens is 312 g/mol. The predicted molar refractivity (Wildman–Crippen MR) is 77.4 cm³/mol. The van der Waals surface area contributed by atoms with E-state index in [0.717, 1.165) is 32.8 Å². The number of nitrogens with zero attached hydrogens (tertiary/aromatic N) is 2. The van der Waals surface area contributed by atoms with E-state index in [9.17, 15) is 4.79 Å². The van der Waals surface area contributed by atoms with E-state index < -0.39 is 0 Å². The first-order chi connectivity index (χ1) is 8.54. The lowest BCUT2D eigenvalue weighted by Gasteiger charge is -2.04. The quantitative estimate of drug-likeness (QED) is 0.801. The number of hydrogen-bond acceptors (Lipinski definition) is 3. The summed E-state index contributed by atoms with van der Waals surface area (Å²) in [6.45, 7) is 6.73. The molecule has 0 N–H and O–H groups in total. The lowest BCUT2D eigenvalue weighted by Crippen LogP contribution is -2.09. The molecule has 0 radical (unpaired) electrons. The highest BCUT2D eigenvalue weighted by Crippen LogP contribution is 2.24. The fourth-order valence-electron chi connectivity index (χ4n) is 1.93. The van der Waals surface area contributed by atoms with E-state index >= 15 is 0 Å². The third-order valence-electron chi connectivity index (χ3n) is 2.90. The Labute approximate surface area is 119 Å². The Kier molecular flexibility index (Phi) is 4.02. The summed E-state index contributed by atoms with van der Waals surface area (Å²) in [4.78, 5) is 13.1. The Morgan fingerprint density at radius 1 is 1.50 bits per heavy atom. The van der Waals surface area contributed by atoms with Gasteiger partial charge in [-0.1, -0.05) is 0 Å². The van der Waals surface area contributed by atoms with E-state index in [-0.39, 0.29) is 5.78 Å². The number of hydrogen-bond donors (Lipinski definition) is 0. The molecule has 2 rings (SSSR count). The van der Waals surface area contributed by atoms with Crippen molar-refractivity contribution in [3.05, 3.63) is 37.7 Å². The molecule has 0 unspecified atom stereocenters. The maximum Gasteiger partial charge on any atom is 0.179 e. The lowest BCUT2D eigenvalue weighted by molar-refractivity contribution is 0.0993. The van der Waals surface area contributed by atoms with Crippen molar-refractivity contribution in [3.63, 3.8) is 0 Å². The fourth-order valence-corrected chi connectivity index (χ4v) is 3.22. The van der Waals surface area contributed by atoms with Gasteiger partial charge >= 0.3 is 0 Å². The molecule has 0 aromatic carbocycles. The average molecular weight is 327 g/mol. The van der Waals surface area contributed by atoms with E-state index in [2.05, 4.69) is 21.0 Å². The minimum absolute atomic E-state index is 0.165. The van der Waals surface area contributed by atoms with Crippen molar-refractivity contribution in [1.29, 1.82) is 0 Å². The van der Waals surface area contributed by atoms with Crippen LogP contribution >= 0.6 is 27.3 Å². The first-order valence-corrected chi connectivity index (χ1v) is 7.51. The van der Waals surface area contributed by atoms with E-state index in [1.165, 1.54) is 11.3 Å². The minimum atomic E-state index is 0.165. The van der Waals surface area contributed by atoms with Crippen molar-refractivity contribution < 1.29 is 4.79 Å². The van der Waals surface area contributed by atoms with Crippen LogP contribution in [0.3, 0.4) is 0 Å². The molecule has 18 heavy (non-hydrogen) atoms. The van der Waals surface area contributed by atoms with Gasteiger partial charge in [0, 0.05) is 6.54 Å². The molecule has 0 amide bonds. The molecule has 2 aromatic rings. The third kappa shape index (κ3) is 2.42. The van der Waals surface area contributed by atoms with Gasteiger partial charge in [0.1, 0.15) is 0 Å². The molecular formula is C13H15BrN2OS. The van der Waals surface area contributed by atoms with Crippen molar-refractivity contribution >= 4 is 33.0 Å². The number of aromatic nitrogens is 2. The summed E-state index contributed by atoms with van der Waals surface area (Å²) in [7, 11) is 0. The van der Waals surface area contributed by atoms with E-state index in [1.54, 1.807) is 0 Å². The van der Waals surface area contributed by atoms with Crippen molar-refractivity contribution in [2.75, 3.05) is 0 Å². The normalized spacial score (nSPS) is 10.9. The summed E-state index contributed by atoms with van der Waals surface area (Å²) in [5.41, 5.74) is 2.95. The van der Waals surface area contributed by atoms with Crippen LogP contribution < -0.4 is 0 Å². The van der Waals surface area contributed by atoms with Crippen LogP contribution in [0.15, 0.2) is 15.9 Å². The Balaban J connectivity index is 2.30. The first kappa shape index (κ1) is 13.5. The topological polar surface area (TPSA) is 34.9 Å². The van der Waals surface area contributed by atoms with Crippen LogP contribution in [0.2, 0.25) is 0 Å². The number of rotatable bonds is 4. The molecule has 3 nitrogen and oxygen atoms in total. The molecule has 96 valence electrons. The van der Waals surface area contributed by atoms with E-state index in [1.807, 2.05) is 36.9 Å². The van der Waals surface area contributed by atoms with Crippen molar-refractivity contribution in [2.24, 2.45) is 0 Å². The molecule has 0 saturated heterocycles. The molecule has 0 spiro atoms. The van der Waals surface area contributed by atoms with Crippen molar-refractivity contribution in [1.82, 2.24) is 9.78 Å². The summed E-state index contributed by atoms with van der Waals surface area (Å²) >= 11 is 5.03. The number of aryl methyl sites for hydroxylation is 3. The fraction of sp³-hybridized carbons (Fsp3) is 0.385. The van der Waals surface area contributed by atoms with Gasteiger partial charge < -0.3 is 0 Å². The third-order valence-corrected chi connectivity index (χ3v) is 4.99. The van der Waals surface area contributed by atoms with Crippen LogP contribution in [0, 0.1) is 13.8 Å². The molecule has 2 heterocycles. The summed E-state index contributed by atoms with van der Waals surface area (Å²) in [5, 5.41) is 6.36. The van der Waals surface area contributed by atoms with Gasteiger partial charge in [-0.15, -0.1) is 11.3 Å². The second-order valence-electron chi connectivity index (χ2n) is 4.19. The molecule has 0 aliphatic rings. The number of halogens is 1. The summed E-state index contributed by atoms with van der Waals surface area (Å²) < 4.78 is 2.84. The molecule has 0 saturated carbocycles. The minimum Gasteiger partial charge on any atom is -0.293 e. The Hall–Kier alpha value is -0.940. The van der Waals surface area contributed by atoms with E-state index in [0.29, 0.717) is 6.42 Å². The van der Waals surface area contributed by atoms with Gasteiger partial charge in [0.05, 0.1) is 27.2 Å². The van der Waals surface area contributed by atoms with Crippen LogP contribution in [0.1, 0.15) is 33.5 Å². The van der Waals surface area contributed by atoms with Crippen LogP contribution in [0.25, 0.3) is 0 Å². The van der Waals surface area contributed by atoms with Crippen LogP contribution in [0.5, 0.6) is 0 Å². The van der Waals surface area contributed by atoms with Crippen molar-refractivity contribution in [3.8, 4) is 0 Å². The van der Waals surface area contributed by atoms with Crippen LogP contribution in [-0.4, -0.2) is 15.6 Å². The second-order valence-corrected chi connectivity index (χ2v) is 5.90. The zero-order chi connectivity index (χ0) is 13.3.